The lowest BCUT2D eigenvalue weighted by Crippen LogP contribution is -2.43. The van der Waals surface area contributed by atoms with Gasteiger partial charge in [-0.15, -0.1) is 5.06 Å². The Morgan fingerprint density at radius 2 is 1.50 bits per heavy atom. The van der Waals surface area contributed by atoms with Crippen LogP contribution < -0.4 is 0 Å². The average Bonchev–Trinajstić information content (AvgIpc) is 2.70. The zero-order valence-corrected chi connectivity index (χ0v) is 15.5. The van der Waals surface area contributed by atoms with Gasteiger partial charge in [-0.05, 0) is 18.4 Å². The maximum Gasteiger partial charge on any atom is 0.236 e. The van der Waals surface area contributed by atoms with E-state index in [2.05, 4.69) is 19.1 Å². The Hall–Kier alpha value is -1.72. The molecule has 2 aromatic carbocycles. The fourth-order valence-corrected chi connectivity index (χ4v) is 3.11. The second-order valence-corrected chi connectivity index (χ2v) is 6.76. The van der Waals surface area contributed by atoms with Gasteiger partial charge in [0.05, 0.1) is 6.54 Å². The van der Waals surface area contributed by atoms with Crippen molar-refractivity contribution < 1.29 is 14.6 Å². The van der Waals surface area contributed by atoms with E-state index in [1.807, 2.05) is 53.6 Å². The molecular formula is C22H29NO3. The van der Waals surface area contributed by atoms with E-state index in [-0.39, 0.29) is 6.23 Å². The normalized spacial score (nSPS) is 21.0. The minimum absolute atomic E-state index is 0.184. The Kier molecular flexibility index (Phi) is 7.65. The summed E-state index contributed by atoms with van der Waals surface area (Å²) < 4.78 is 0. The predicted octanol–water partition coefficient (Wildman–Crippen LogP) is 5.77. The van der Waals surface area contributed by atoms with Crippen LogP contribution in [-0.2, 0) is 21.2 Å². The first-order valence-electron chi connectivity index (χ1n) is 9.71. The molecule has 1 aliphatic heterocycles. The van der Waals surface area contributed by atoms with Gasteiger partial charge in [0, 0.05) is 5.56 Å². The van der Waals surface area contributed by atoms with Gasteiger partial charge in [0.15, 0.2) is 6.23 Å². The highest BCUT2D eigenvalue weighted by Crippen LogP contribution is 2.30. The number of hydrogen-bond acceptors (Lipinski definition) is 4. The third-order valence-corrected chi connectivity index (χ3v) is 4.61. The minimum Gasteiger partial charge on any atom is -0.256 e. The molecule has 1 saturated heterocycles. The van der Waals surface area contributed by atoms with Crippen LogP contribution in [0.1, 0.15) is 62.9 Å². The zero-order chi connectivity index (χ0) is 18.0. The van der Waals surface area contributed by atoms with Gasteiger partial charge in [0.25, 0.3) is 0 Å². The number of hydroxylamine groups is 2. The van der Waals surface area contributed by atoms with Crippen molar-refractivity contribution in [3.8, 4) is 0 Å². The summed E-state index contributed by atoms with van der Waals surface area (Å²) in [4.78, 5) is 17.4. The number of benzene rings is 2. The first-order valence-corrected chi connectivity index (χ1v) is 9.71. The number of rotatable bonds is 9. The van der Waals surface area contributed by atoms with Gasteiger partial charge in [-0.1, -0.05) is 93.3 Å². The molecule has 2 aromatic rings. The molecule has 26 heavy (non-hydrogen) atoms. The van der Waals surface area contributed by atoms with Crippen LogP contribution in [0, 0.1) is 0 Å². The summed E-state index contributed by atoms with van der Waals surface area (Å²) in [6, 6.07) is 20.2. The molecule has 2 atom stereocenters. The molecule has 0 aliphatic carbocycles. The van der Waals surface area contributed by atoms with Crippen molar-refractivity contribution in [1.29, 1.82) is 0 Å². The van der Waals surface area contributed by atoms with Gasteiger partial charge in [-0.2, -0.15) is 4.89 Å². The second-order valence-electron chi connectivity index (χ2n) is 6.76. The Morgan fingerprint density at radius 1 is 0.808 bits per heavy atom. The summed E-state index contributed by atoms with van der Waals surface area (Å²) in [5, 5.41) is 1.93. The number of nitrogens with zero attached hydrogens (tertiary/aromatic N) is 1. The lowest BCUT2D eigenvalue weighted by atomic mass is 10.1. The van der Waals surface area contributed by atoms with Gasteiger partial charge < -0.3 is 0 Å². The van der Waals surface area contributed by atoms with Crippen LogP contribution >= 0.6 is 0 Å². The molecular weight excluding hydrogens is 326 g/mol. The summed E-state index contributed by atoms with van der Waals surface area (Å²) in [7, 11) is 0. The highest BCUT2D eigenvalue weighted by atomic mass is 17.3. The van der Waals surface area contributed by atoms with E-state index in [0.717, 1.165) is 18.4 Å². The molecule has 3 rings (SSSR count). The van der Waals surface area contributed by atoms with Crippen LogP contribution in [0.5, 0.6) is 0 Å². The predicted molar refractivity (Wildman–Crippen MR) is 102 cm³/mol. The Bertz CT molecular complexity index is 620. The quantitative estimate of drug-likeness (QED) is 0.422. The van der Waals surface area contributed by atoms with E-state index in [4.69, 9.17) is 14.6 Å². The first-order chi connectivity index (χ1) is 12.9. The standard InChI is InChI=1S/C22H29NO3/c1-2-3-4-5-12-17-21-23(18-19-13-8-6-9-14-19)24-22(26-25-21)20-15-10-7-11-16-20/h6-11,13-16,21-22H,2-5,12,17-18H2,1H3. The van der Waals surface area contributed by atoms with E-state index in [0.29, 0.717) is 6.54 Å². The third kappa shape index (κ3) is 5.64. The highest BCUT2D eigenvalue weighted by Gasteiger charge is 2.32. The second kappa shape index (κ2) is 10.4. The van der Waals surface area contributed by atoms with Crippen molar-refractivity contribution in [3.05, 3.63) is 71.8 Å². The molecule has 4 nitrogen and oxygen atoms in total. The largest absolute Gasteiger partial charge is 0.256 e. The molecule has 1 fully saturated rings. The Balaban J connectivity index is 1.62. The molecule has 0 N–H and O–H groups in total. The van der Waals surface area contributed by atoms with Crippen LogP contribution in [0.4, 0.5) is 0 Å². The summed E-state index contributed by atoms with van der Waals surface area (Å²) in [6.45, 7) is 2.91. The zero-order valence-electron chi connectivity index (χ0n) is 15.5. The fourth-order valence-electron chi connectivity index (χ4n) is 3.11. The minimum atomic E-state index is -0.531. The van der Waals surface area contributed by atoms with Gasteiger partial charge in [0.1, 0.15) is 0 Å². The van der Waals surface area contributed by atoms with E-state index in [9.17, 15) is 0 Å². The summed E-state index contributed by atoms with van der Waals surface area (Å²) in [5.41, 5.74) is 2.15. The molecule has 4 heteroatoms. The smallest absolute Gasteiger partial charge is 0.236 e. The van der Waals surface area contributed by atoms with Gasteiger partial charge in [0.2, 0.25) is 6.29 Å². The van der Waals surface area contributed by atoms with Gasteiger partial charge in [-0.25, -0.2) is 4.89 Å². The molecule has 0 saturated carbocycles. The highest BCUT2D eigenvalue weighted by molar-refractivity contribution is 5.16. The van der Waals surface area contributed by atoms with Crippen molar-refractivity contribution >= 4 is 0 Å². The van der Waals surface area contributed by atoms with Crippen LogP contribution in [0.15, 0.2) is 60.7 Å². The maximum atomic E-state index is 6.15. The summed E-state index contributed by atoms with van der Waals surface area (Å²) >= 11 is 0. The van der Waals surface area contributed by atoms with E-state index >= 15 is 0 Å². The topological polar surface area (TPSA) is 30.9 Å². The molecule has 1 heterocycles. The van der Waals surface area contributed by atoms with E-state index in [1.54, 1.807) is 0 Å². The van der Waals surface area contributed by atoms with Crippen LogP contribution in [0.2, 0.25) is 0 Å². The average molecular weight is 355 g/mol. The van der Waals surface area contributed by atoms with Crippen molar-refractivity contribution in [2.24, 2.45) is 0 Å². The molecule has 0 radical (unpaired) electrons. The van der Waals surface area contributed by atoms with Crippen molar-refractivity contribution in [1.82, 2.24) is 5.06 Å². The SMILES string of the molecule is CCCCCCCC1OOC(c2ccccc2)ON1Cc1ccccc1. The van der Waals surface area contributed by atoms with Crippen LogP contribution in [0.3, 0.4) is 0 Å². The number of unbranched alkanes of at least 4 members (excludes halogenated alkanes) is 4. The molecule has 1 aliphatic rings. The van der Waals surface area contributed by atoms with Gasteiger partial charge in [-0.3, -0.25) is 4.84 Å². The lowest BCUT2D eigenvalue weighted by Gasteiger charge is -2.37. The first kappa shape index (κ1) is 19.1. The number of hydrogen-bond donors (Lipinski definition) is 0. The van der Waals surface area contributed by atoms with Crippen molar-refractivity contribution in [2.75, 3.05) is 0 Å². The monoisotopic (exact) mass is 355 g/mol. The van der Waals surface area contributed by atoms with Crippen molar-refractivity contribution in [3.63, 3.8) is 0 Å². The fraction of sp³-hybridized carbons (Fsp3) is 0.455. The third-order valence-electron chi connectivity index (χ3n) is 4.61. The molecule has 140 valence electrons. The van der Waals surface area contributed by atoms with E-state index in [1.165, 1.54) is 31.2 Å². The molecule has 0 amide bonds. The van der Waals surface area contributed by atoms with Gasteiger partial charge >= 0.3 is 0 Å². The summed E-state index contributed by atoms with van der Waals surface area (Å²) in [5.74, 6) is 0. The molecule has 0 aromatic heterocycles. The van der Waals surface area contributed by atoms with Crippen LogP contribution in [0.25, 0.3) is 0 Å². The van der Waals surface area contributed by atoms with Crippen molar-refractivity contribution in [2.45, 2.75) is 64.5 Å². The summed E-state index contributed by atoms with van der Waals surface area (Å²) in [6.07, 6.45) is 6.34. The molecule has 2 unspecified atom stereocenters. The molecule has 0 spiro atoms. The Morgan fingerprint density at radius 3 is 2.23 bits per heavy atom. The van der Waals surface area contributed by atoms with Crippen LogP contribution in [-0.4, -0.2) is 11.3 Å². The maximum absolute atomic E-state index is 6.15. The van der Waals surface area contributed by atoms with E-state index < -0.39 is 6.29 Å². The Labute approximate surface area is 156 Å². The lowest BCUT2D eigenvalue weighted by molar-refractivity contribution is -0.534. The molecule has 0 bridgehead atoms.